The van der Waals surface area contributed by atoms with Gasteiger partial charge in [-0.05, 0) is 42.3 Å². The summed E-state index contributed by atoms with van der Waals surface area (Å²) in [5.74, 6) is 0. The first-order valence-corrected chi connectivity index (χ1v) is 14.7. The van der Waals surface area contributed by atoms with Crippen molar-refractivity contribution in [2.75, 3.05) is 82.3 Å². The van der Waals surface area contributed by atoms with Gasteiger partial charge in [-0.3, -0.25) is 43.1 Å². The minimum Gasteiger partial charge on any atom is -0.280 e. The standard InChI is InChI=1S/2C6H15N3.3CHF3O3S.Pr/c2*1-7-4-8(2)6-9(3)5-7;3*2-1(3,4)8(5,6)7;/h2*4-6H2,1-3H3;3*(H,5,6,7);. The SMILES string of the molecule is CN1CN(C)CN(C)C1.CN1CN(C)CN(C)C1.O=S(=O)(O)C(F)(F)F.O=S(=O)(O)C(F)(F)F.O=S(=O)(O)C(F)(F)F.[Pr]. The van der Waals surface area contributed by atoms with Crippen molar-refractivity contribution in [2.45, 2.75) is 16.5 Å². The van der Waals surface area contributed by atoms with Crippen LogP contribution in [0.5, 0.6) is 0 Å². The Kier molecular flexibility index (Phi) is 23.0. The molecule has 28 heteroatoms. The molecule has 2 aliphatic heterocycles. The van der Waals surface area contributed by atoms with Gasteiger partial charge >= 0.3 is 46.9 Å². The molecule has 0 aromatic carbocycles. The number of nitrogens with zero attached hydrogens (tertiary/aromatic N) is 6. The predicted octanol–water partition coefficient (Wildman–Crippen LogP) is 0.518. The minimum absolute atomic E-state index is 0. The fourth-order valence-electron chi connectivity index (χ4n) is 2.74. The van der Waals surface area contributed by atoms with Crippen molar-refractivity contribution in [1.29, 1.82) is 0 Å². The van der Waals surface area contributed by atoms with Gasteiger partial charge in [0.15, 0.2) is 0 Å². The summed E-state index contributed by atoms with van der Waals surface area (Å²) in [4.78, 5) is 13.7. The third kappa shape index (κ3) is 26.0. The first-order chi connectivity index (χ1) is 18.1. The zero-order chi connectivity index (χ0) is 34.7. The number of hydrogen-bond acceptors (Lipinski definition) is 12. The molecule has 3 N–H and O–H groups in total. The van der Waals surface area contributed by atoms with E-state index < -0.39 is 46.9 Å². The largest absolute Gasteiger partial charge is 0.522 e. The van der Waals surface area contributed by atoms with Gasteiger partial charge < -0.3 is 0 Å². The maximum atomic E-state index is 10.7. The van der Waals surface area contributed by atoms with Crippen LogP contribution in [0.15, 0.2) is 0 Å². The second-order valence-corrected chi connectivity index (χ2v) is 13.0. The van der Waals surface area contributed by atoms with Gasteiger partial charge in [0.05, 0.1) is 40.0 Å². The number of alkyl halides is 9. The minimum atomic E-state index is -5.84. The summed E-state index contributed by atoms with van der Waals surface area (Å²) in [5, 5.41) is 0. The predicted molar refractivity (Wildman–Crippen MR) is 129 cm³/mol. The molecule has 0 amide bonds. The van der Waals surface area contributed by atoms with Crippen molar-refractivity contribution in [3.05, 3.63) is 0 Å². The Morgan fingerprint density at radius 2 is 0.465 bits per heavy atom. The van der Waals surface area contributed by atoms with Gasteiger partial charge in [0.25, 0.3) is 0 Å². The molecule has 0 aromatic heterocycles. The van der Waals surface area contributed by atoms with E-state index in [1.54, 1.807) is 0 Å². The van der Waals surface area contributed by atoms with Crippen LogP contribution < -0.4 is 0 Å². The average Bonchev–Trinajstić information content (AvgIpc) is 2.62. The quantitative estimate of drug-likeness (QED) is 0.174. The van der Waals surface area contributed by atoms with Crippen LogP contribution in [-0.4, -0.2) is 167 Å². The Hall–Kier alpha value is 0.224. The summed E-state index contributed by atoms with van der Waals surface area (Å²) in [6, 6.07) is 0. The normalized spacial score (nSPS) is 19.1. The van der Waals surface area contributed by atoms with Gasteiger partial charge in [-0.1, -0.05) is 0 Å². The molecule has 2 saturated heterocycles. The van der Waals surface area contributed by atoms with Crippen LogP contribution in [0, 0.1) is 41.3 Å². The fourth-order valence-corrected chi connectivity index (χ4v) is 2.74. The topological polar surface area (TPSA) is 183 Å². The van der Waals surface area contributed by atoms with Gasteiger partial charge in [0, 0.05) is 41.3 Å². The van der Waals surface area contributed by atoms with Crippen molar-refractivity contribution in [1.82, 2.24) is 29.4 Å². The van der Waals surface area contributed by atoms with Crippen LogP contribution in [-0.2, 0) is 30.4 Å². The molecule has 0 aromatic rings. The maximum Gasteiger partial charge on any atom is 0.522 e. The Morgan fingerprint density at radius 1 is 0.395 bits per heavy atom. The average molecular weight is 850 g/mol. The van der Waals surface area contributed by atoms with Crippen LogP contribution in [0.2, 0.25) is 0 Å². The fraction of sp³-hybridized carbons (Fsp3) is 1.00. The van der Waals surface area contributed by atoms with Crippen molar-refractivity contribution in [3.63, 3.8) is 0 Å². The van der Waals surface area contributed by atoms with Crippen LogP contribution in [0.3, 0.4) is 0 Å². The number of halogens is 9. The van der Waals surface area contributed by atoms with Crippen LogP contribution in [0.4, 0.5) is 39.5 Å². The zero-order valence-corrected chi connectivity index (χ0v) is 29.6. The van der Waals surface area contributed by atoms with Gasteiger partial charge in [-0.25, -0.2) is 0 Å². The summed E-state index contributed by atoms with van der Waals surface area (Å²) >= 11 is 0. The van der Waals surface area contributed by atoms with Gasteiger partial charge in [-0.2, -0.15) is 64.8 Å². The van der Waals surface area contributed by atoms with Gasteiger partial charge in [0.2, 0.25) is 0 Å². The molecule has 0 saturated carbocycles. The third-order valence-electron chi connectivity index (χ3n) is 3.77. The second kappa shape index (κ2) is 19.8. The Bertz CT molecular complexity index is 938. The van der Waals surface area contributed by atoms with E-state index in [4.69, 9.17) is 38.9 Å². The van der Waals surface area contributed by atoms with E-state index >= 15 is 0 Å². The molecule has 1 radical (unpaired) electrons. The molecule has 2 heterocycles. The molecule has 43 heavy (non-hydrogen) atoms. The van der Waals surface area contributed by atoms with E-state index in [-0.39, 0.29) is 41.3 Å². The maximum absolute atomic E-state index is 10.7. The molecule has 0 atom stereocenters. The molecule has 0 bridgehead atoms. The Balaban J connectivity index is -0.000000220. The van der Waals surface area contributed by atoms with Crippen LogP contribution in [0.25, 0.3) is 0 Å². The summed E-state index contributed by atoms with van der Waals surface area (Å²) in [6.45, 7) is 6.53. The second-order valence-electron chi connectivity index (χ2n) is 8.75. The van der Waals surface area contributed by atoms with E-state index in [2.05, 4.69) is 71.7 Å². The van der Waals surface area contributed by atoms with E-state index in [0.717, 1.165) is 40.0 Å². The van der Waals surface area contributed by atoms with Crippen LogP contribution in [0.1, 0.15) is 0 Å². The van der Waals surface area contributed by atoms with E-state index in [0.29, 0.717) is 0 Å². The molecule has 0 unspecified atom stereocenters. The third-order valence-corrected chi connectivity index (χ3v) is 5.53. The first kappa shape index (κ1) is 50.1. The number of rotatable bonds is 0. The van der Waals surface area contributed by atoms with E-state index in [1.165, 1.54) is 0 Å². The molecule has 0 spiro atoms. The molecular weight excluding hydrogens is 816 g/mol. The van der Waals surface area contributed by atoms with Gasteiger partial charge in [-0.15, -0.1) is 0 Å². The molecular formula is C15H33F9N6O9PrS3. The summed E-state index contributed by atoms with van der Waals surface area (Å²) < 4.78 is 173. The summed E-state index contributed by atoms with van der Waals surface area (Å²) in [6.07, 6.45) is 0. The van der Waals surface area contributed by atoms with Crippen LogP contribution >= 0.6 is 0 Å². The van der Waals surface area contributed by atoms with Crippen molar-refractivity contribution < 1.29 is 120 Å². The summed E-state index contributed by atoms with van der Waals surface area (Å²) in [5.41, 5.74) is -16.6. The molecule has 0 aliphatic carbocycles. The van der Waals surface area contributed by atoms with Crippen molar-refractivity contribution >= 4 is 30.4 Å². The Labute approximate surface area is 276 Å². The van der Waals surface area contributed by atoms with Crippen molar-refractivity contribution in [3.8, 4) is 0 Å². The Morgan fingerprint density at radius 3 is 0.512 bits per heavy atom. The van der Waals surface area contributed by atoms with E-state index in [9.17, 15) is 39.5 Å². The van der Waals surface area contributed by atoms with E-state index in [1.807, 2.05) is 0 Å². The smallest absolute Gasteiger partial charge is 0.280 e. The van der Waals surface area contributed by atoms with Gasteiger partial charge in [0.1, 0.15) is 0 Å². The molecule has 2 aliphatic rings. The molecule has 261 valence electrons. The molecule has 2 fully saturated rings. The van der Waals surface area contributed by atoms with Crippen molar-refractivity contribution in [2.24, 2.45) is 0 Å². The molecule has 2 rings (SSSR count). The monoisotopic (exact) mass is 849 g/mol. The first-order valence-electron chi connectivity index (χ1n) is 10.3. The summed E-state index contributed by atoms with van der Waals surface area (Å²) in [7, 11) is -4.73. The molecule has 15 nitrogen and oxygen atoms in total. The number of hydrogen-bond donors (Lipinski definition) is 3. The zero-order valence-electron chi connectivity index (χ0n) is 23.4.